The molecule has 4 rings (SSSR count). The number of nitrogens with one attached hydrogen (secondary N) is 1. The van der Waals surface area contributed by atoms with Crippen molar-refractivity contribution in [2.24, 2.45) is 0 Å². The number of alkyl halides is 3. The molecule has 1 aliphatic rings. The third-order valence-electron chi connectivity index (χ3n) is 5.66. The van der Waals surface area contributed by atoms with Crippen molar-refractivity contribution >= 4 is 34.6 Å². The number of carbonyl (C=O) groups excluding carboxylic acids is 1. The number of fused-ring (bicyclic) bond motifs is 3. The van der Waals surface area contributed by atoms with E-state index in [9.17, 15) is 27.9 Å². The molecule has 1 aliphatic heterocycles. The van der Waals surface area contributed by atoms with Crippen LogP contribution in [0.15, 0.2) is 30.5 Å². The second-order valence-electron chi connectivity index (χ2n) is 7.72. The summed E-state index contributed by atoms with van der Waals surface area (Å²) >= 11 is 5.56. The zero-order valence-electron chi connectivity index (χ0n) is 17.8. The summed E-state index contributed by atoms with van der Waals surface area (Å²) in [6.07, 6.45) is -4.28. The van der Waals surface area contributed by atoms with Gasteiger partial charge in [0.25, 0.3) is 0 Å². The summed E-state index contributed by atoms with van der Waals surface area (Å²) in [4.78, 5) is 31.6. The molecule has 2 aromatic heterocycles. The van der Waals surface area contributed by atoms with E-state index in [0.717, 1.165) is 17.0 Å². The lowest BCUT2D eigenvalue weighted by molar-refractivity contribution is -0.142. The van der Waals surface area contributed by atoms with Crippen LogP contribution in [0.3, 0.4) is 0 Å². The van der Waals surface area contributed by atoms with Crippen molar-refractivity contribution in [3.63, 3.8) is 0 Å². The molecule has 0 aliphatic carbocycles. The van der Waals surface area contributed by atoms with Gasteiger partial charge < -0.3 is 19.6 Å². The topological polar surface area (TPSA) is 105 Å². The molecule has 3 aromatic rings. The van der Waals surface area contributed by atoms with Gasteiger partial charge in [0.15, 0.2) is 0 Å². The van der Waals surface area contributed by atoms with Gasteiger partial charge in [0.2, 0.25) is 0 Å². The van der Waals surface area contributed by atoms with E-state index in [-0.39, 0.29) is 25.1 Å². The highest BCUT2D eigenvalue weighted by Gasteiger charge is 2.36. The molecule has 1 amide bonds. The fourth-order valence-corrected chi connectivity index (χ4v) is 4.26. The largest absolute Gasteiger partial charge is 0.489 e. The van der Waals surface area contributed by atoms with Gasteiger partial charge in [0, 0.05) is 34.9 Å². The Kier molecular flexibility index (Phi) is 6.30. The molecule has 1 unspecified atom stereocenters. The molecular weight excluding hydrogens is 479 g/mol. The molecule has 0 saturated heterocycles. The van der Waals surface area contributed by atoms with Gasteiger partial charge in [-0.15, -0.1) is 0 Å². The number of ether oxygens (including phenoxy) is 2. The molecule has 12 heteroatoms. The first kappa shape index (κ1) is 23.7. The van der Waals surface area contributed by atoms with Crippen LogP contribution >= 0.6 is 11.6 Å². The van der Waals surface area contributed by atoms with E-state index in [1.165, 1.54) is 18.2 Å². The fraction of sp³-hybridized carbons (Fsp3) is 0.318. The number of H-pyrrole nitrogens is 1. The van der Waals surface area contributed by atoms with E-state index in [1.54, 1.807) is 18.2 Å². The Morgan fingerprint density at radius 2 is 2.09 bits per heavy atom. The number of hydrogen-bond acceptors (Lipinski definition) is 5. The molecule has 2 N–H and O–H groups in total. The SMILES string of the molecule is COC(=O)CC1c2[nH]c3ccc(OCc4cnc(Cl)c(C(F)(F)F)c4)cc3c2CCN1C(=O)O. The van der Waals surface area contributed by atoms with Gasteiger partial charge in [-0.3, -0.25) is 9.69 Å². The highest BCUT2D eigenvalue weighted by molar-refractivity contribution is 6.30. The van der Waals surface area contributed by atoms with E-state index in [1.807, 2.05) is 0 Å². The number of benzene rings is 1. The number of amides is 1. The predicted molar refractivity (Wildman–Crippen MR) is 115 cm³/mol. The number of aromatic amines is 1. The number of esters is 1. The first-order valence-electron chi connectivity index (χ1n) is 10.1. The normalized spacial score (nSPS) is 15.8. The van der Waals surface area contributed by atoms with Crippen molar-refractivity contribution in [3.05, 3.63) is 58.0 Å². The first-order chi connectivity index (χ1) is 16.1. The lowest BCUT2D eigenvalue weighted by Gasteiger charge is -2.33. The fourth-order valence-electron chi connectivity index (χ4n) is 4.05. The number of carbonyl (C=O) groups is 2. The molecular formula is C22H19ClF3N3O5. The number of methoxy groups -OCH3 is 1. The van der Waals surface area contributed by atoms with Crippen molar-refractivity contribution in [2.45, 2.75) is 31.7 Å². The maximum atomic E-state index is 13.1. The molecule has 0 bridgehead atoms. The second-order valence-corrected chi connectivity index (χ2v) is 8.07. The summed E-state index contributed by atoms with van der Waals surface area (Å²) in [5.41, 5.74) is 1.32. The Morgan fingerprint density at radius 1 is 1.32 bits per heavy atom. The molecule has 3 heterocycles. The van der Waals surface area contributed by atoms with Gasteiger partial charge in [0.1, 0.15) is 17.5 Å². The van der Waals surface area contributed by atoms with Crippen molar-refractivity contribution < 1.29 is 37.3 Å². The number of nitrogens with zero attached hydrogens (tertiary/aromatic N) is 2. The molecule has 0 spiro atoms. The number of rotatable bonds is 5. The van der Waals surface area contributed by atoms with Crippen LogP contribution in [0.2, 0.25) is 5.15 Å². The Bertz CT molecular complexity index is 1260. The Morgan fingerprint density at radius 3 is 2.76 bits per heavy atom. The summed E-state index contributed by atoms with van der Waals surface area (Å²) in [7, 11) is 1.24. The summed E-state index contributed by atoms with van der Waals surface area (Å²) in [5.74, 6) is -0.135. The van der Waals surface area contributed by atoms with E-state index < -0.39 is 35.0 Å². The van der Waals surface area contributed by atoms with Gasteiger partial charge >= 0.3 is 18.2 Å². The van der Waals surface area contributed by atoms with Crippen LogP contribution < -0.4 is 4.74 Å². The zero-order chi connectivity index (χ0) is 24.6. The van der Waals surface area contributed by atoms with Crippen LogP contribution in [0, 0.1) is 0 Å². The third kappa shape index (κ3) is 4.60. The van der Waals surface area contributed by atoms with Crippen molar-refractivity contribution in [1.29, 1.82) is 0 Å². The molecule has 0 fully saturated rings. The average molecular weight is 498 g/mol. The van der Waals surface area contributed by atoms with Gasteiger partial charge in [-0.1, -0.05) is 11.6 Å². The van der Waals surface area contributed by atoms with E-state index in [4.69, 9.17) is 21.1 Å². The Balaban J connectivity index is 1.61. The van der Waals surface area contributed by atoms with Gasteiger partial charge in [-0.2, -0.15) is 13.2 Å². The van der Waals surface area contributed by atoms with Crippen LogP contribution in [0.5, 0.6) is 5.75 Å². The number of halogens is 4. The molecule has 0 saturated carbocycles. The maximum absolute atomic E-state index is 13.1. The maximum Gasteiger partial charge on any atom is 0.419 e. The molecule has 0 radical (unpaired) electrons. The molecule has 1 atom stereocenters. The van der Waals surface area contributed by atoms with E-state index in [2.05, 4.69) is 9.97 Å². The molecule has 34 heavy (non-hydrogen) atoms. The minimum Gasteiger partial charge on any atom is -0.489 e. The monoisotopic (exact) mass is 497 g/mol. The van der Waals surface area contributed by atoms with E-state index in [0.29, 0.717) is 23.4 Å². The minimum atomic E-state index is -4.63. The van der Waals surface area contributed by atoms with Gasteiger partial charge in [0.05, 0.1) is 25.1 Å². The average Bonchev–Trinajstić information content (AvgIpc) is 3.16. The smallest absolute Gasteiger partial charge is 0.419 e. The van der Waals surface area contributed by atoms with Crippen LogP contribution in [0.25, 0.3) is 10.9 Å². The van der Waals surface area contributed by atoms with Crippen molar-refractivity contribution in [3.8, 4) is 5.75 Å². The second kappa shape index (κ2) is 9.05. The van der Waals surface area contributed by atoms with Crippen LogP contribution in [-0.4, -0.2) is 45.7 Å². The van der Waals surface area contributed by atoms with Crippen LogP contribution in [0.4, 0.5) is 18.0 Å². The molecule has 1 aromatic carbocycles. The van der Waals surface area contributed by atoms with Crippen LogP contribution in [-0.2, 0) is 28.7 Å². The standard InChI is InChI=1S/C22H19ClF3N3O5/c1-33-18(30)8-17-19-13(4-5-29(17)21(31)32)14-7-12(2-3-16(14)28-19)34-10-11-6-15(22(24,25)26)20(23)27-9-11/h2-3,6-7,9,17,28H,4-5,8,10H2,1H3,(H,31,32). The first-order valence-corrected chi connectivity index (χ1v) is 10.5. The van der Waals surface area contributed by atoms with Crippen molar-refractivity contribution in [1.82, 2.24) is 14.9 Å². The lowest BCUT2D eigenvalue weighted by Crippen LogP contribution is -2.40. The highest BCUT2D eigenvalue weighted by atomic mass is 35.5. The van der Waals surface area contributed by atoms with Gasteiger partial charge in [-0.05, 0) is 36.2 Å². The highest BCUT2D eigenvalue weighted by Crippen LogP contribution is 2.38. The summed E-state index contributed by atoms with van der Waals surface area (Å²) in [6, 6.07) is 5.26. The Hall–Kier alpha value is -3.47. The number of carboxylic acid groups (broad SMARTS) is 1. The number of pyridine rings is 1. The third-order valence-corrected chi connectivity index (χ3v) is 5.96. The molecule has 180 valence electrons. The zero-order valence-corrected chi connectivity index (χ0v) is 18.5. The quantitative estimate of drug-likeness (QED) is 0.381. The minimum absolute atomic E-state index is 0.142. The van der Waals surface area contributed by atoms with Crippen LogP contribution in [0.1, 0.15) is 34.8 Å². The number of hydrogen-bond donors (Lipinski definition) is 2. The summed E-state index contributed by atoms with van der Waals surface area (Å²) < 4.78 is 49.6. The summed E-state index contributed by atoms with van der Waals surface area (Å²) in [6.45, 7) is 0.0296. The van der Waals surface area contributed by atoms with Crippen molar-refractivity contribution in [2.75, 3.05) is 13.7 Å². The Labute approximate surface area is 196 Å². The molecule has 8 nitrogen and oxygen atoms in total. The van der Waals surface area contributed by atoms with Gasteiger partial charge in [-0.25, -0.2) is 9.78 Å². The lowest BCUT2D eigenvalue weighted by atomic mass is 9.95. The predicted octanol–water partition coefficient (Wildman–Crippen LogP) is 4.95. The number of aromatic nitrogens is 2. The summed E-state index contributed by atoms with van der Waals surface area (Å²) in [5, 5.41) is 9.70. The van der Waals surface area contributed by atoms with E-state index >= 15 is 0 Å².